The van der Waals surface area contributed by atoms with E-state index in [4.69, 9.17) is 5.84 Å². The zero-order valence-corrected chi connectivity index (χ0v) is 13.8. The number of hydrazine groups is 1. The summed E-state index contributed by atoms with van der Waals surface area (Å²) in [5, 5.41) is 1.05. The van der Waals surface area contributed by atoms with Crippen LogP contribution in [0.3, 0.4) is 0 Å². The SMILES string of the molecule is CCCc1nc(CCN2CCC(C)CC2)sc1C(=O)NN. The monoisotopic (exact) mass is 310 g/mol. The van der Waals surface area contributed by atoms with Gasteiger partial charge in [0.15, 0.2) is 0 Å². The number of nitrogen functional groups attached to an aromatic ring is 1. The normalized spacial score (nSPS) is 17.1. The number of carbonyl (C=O) groups is 1. The zero-order valence-electron chi connectivity index (χ0n) is 13.0. The first-order valence-electron chi connectivity index (χ1n) is 7.86. The van der Waals surface area contributed by atoms with Gasteiger partial charge in [-0.3, -0.25) is 10.2 Å². The molecular formula is C15H26N4OS. The minimum Gasteiger partial charge on any atom is -0.303 e. The van der Waals surface area contributed by atoms with Gasteiger partial charge in [-0.25, -0.2) is 10.8 Å². The van der Waals surface area contributed by atoms with Crippen LogP contribution in [0.4, 0.5) is 0 Å². The lowest BCUT2D eigenvalue weighted by atomic mass is 9.99. The van der Waals surface area contributed by atoms with Crippen LogP contribution in [0.25, 0.3) is 0 Å². The summed E-state index contributed by atoms with van der Waals surface area (Å²) in [6.45, 7) is 7.83. The molecule has 2 heterocycles. The van der Waals surface area contributed by atoms with E-state index >= 15 is 0 Å². The van der Waals surface area contributed by atoms with Gasteiger partial charge in [-0.1, -0.05) is 20.3 Å². The molecule has 1 aliphatic heterocycles. The second-order valence-corrected chi connectivity index (χ2v) is 6.96. The highest BCUT2D eigenvalue weighted by atomic mass is 32.1. The quantitative estimate of drug-likeness (QED) is 0.479. The molecule has 1 saturated heterocycles. The molecule has 1 aromatic heterocycles. The molecule has 1 aromatic rings. The van der Waals surface area contributed by atoms with Crippen LogP contribution in [-0.2, 0) is 12.8 Å². The Morgan fingerprint density at radius 3 is 2.76 bits per heavy atom. The maximum absolute atomic E-state index is 11.8. The van der Waals surface area contributed by atoms with Gasteiger partial charge in [0.25, 0.3) is 5.91 Å². The van der Waals surface area contributed by atoms with E-state index in [1.165, 1.54) is 37.3 Å². The van der Waals surface area contributed by atoms with Crippen molar-refractivity contribution in [3.8, 4) is 0 Å². The first-order chi connectivity index (χ1) is 10.1. The highest BCUT2D eigenvalue weighted by Gasteiger charge is 2.19. The molecular weight excluding hydrogens is 284 g/mol. The van der Waals surface area contributed by atoms with E-state index in [9.17, 15) is 4.79 Å². The lowest BCUT2D eigenvalue weighted by Gasteiger charge is -2.29. The van der Waals surface area contributed by atoms with Crippen molar-refractivity contribution in [2.45, 2.75) is 46.0 Å². The van der Waals surface area contributed by atoms with E-state index in [2.05, 4.69) is 29.2 Å². The van der Waals surface area contributed by atoms with Crippen LogP contribution in [0.1, 0.15) is 53.5 Å². The van der Waals surface area contributed by atoms with Crippen LogP contribution in [0.15, 0.2) is 0 Å². The summed E-state index contributed by atoms with van der Waals surface area (Å²) in [5.41, 5.74) is 3.12. The van der Waals surface area contributed by atoms with E-state index in [1.807, 2.05) is 0 Å². The lowest BCUT2D eigenvalue weighted by Crippen LogP contribution is -2.34. The Morgan fingerprint density at radius 1 is 1.43 bits per heavy atom. The number of piperidine rings is 1. The van der Waals surface area contributed by atoms with Crippen molar-refractivity contribution in [1.82, 2.24) is 15.3 Å². The average molecular weight is 310 g/mol. The van der Waals surface area contributed by atoms with E-state index < -0.39 is 0 Å². The van der Waals surface area contributed by atoms with Crippen LogP contribution >= 0.6 is 11.3 Å². The number of aromatic nitrogens is 1. The lowest BCUT2D eigenvalue weighted by molar-refractivity contribution is 0.0956. The number of thiazole rings is 1. The minimum atomic E-state index is -0.214. The number of likely N-dealkylation sites (tertiary alicyclic amines) is 1. The van der Waals surface area contributed by atoms with Gasteiger partial charge in [-0.05, 0) is 38.3 Å². The predicted octanol–water partition coefficient (Wildman–Crippen LogP) is 1.97. The molecule has 1 aliphatic rings. The molecule has 1 amide bonds. The minimum absolute atomic E-state index is 0.214. The standard InChI is InChI=1S/C15H26N4OS/c1-3-4-12-14(15(20)18-16)21-13(17-12)7-10-19-8-5-11(2)6-9-19/h11H,3-10,16H2,1-2H3,(H,18,20). The molecule has 5 nitrogen and oxygen atoms in total. The van der Waals surface area contributed by atoms with Crippen molar-refractivity contribution in [3.63, 3.8) is 0 Å². The molecule has 0 unspecified atom stereocenters. The molecule has 2 rings (SSSR count). The van der Waals surface area contributed by atoms with E-state index in [0.29, 0.717) is 4.88 Å². The maximum atomic E-state index is 11.8. The third-order valence-corrected chi connectivity index (χ3v) is 5.24. The Hall–Kier alpha value is -0.980. The van der Waals surface area contributed by atoms with Crippen molar-refractivity contribution < 1.29 is 4.79 Å². The Balaban J connectivity index is 1.95. The molecule has 0 aromatic carbocycles. The number of aryl methyl sites for hydroxylation is 1. The van der Waals surface area contributed by atoms with Crippen LogP contribution in [0.5, 0.6) is 0 Å². The number of rotatable bonds is 6. The Kier molecular flexibility index (Phi) is 6.14. The van der Waals surface area contributed by atoms with Gasteiger partial charge in [-0.2, -0.15) is 0 Å². The molecule has 0 atom stereocenters. The first kappa shape index (κ1) is 16.4. The fraction of sp³-hybridized carbons (Fsp3) is 0.733. The fourth-order valence-corrected chi connectivity index (χ4v) is 3.70. The topological polar surface area (TPSA) is 71.2 Å². The van der Waals surface area contributed by atoms with E-state index in [1.54, 1.807) is 0 Å². The molecule has 0 bridgehead atoms. The van der Waals surface area contributed by atoms with Gasteiger partial charge in [0.05, 0.1) is 10.7 Å². The number of amides is 1. The van der Waals surface area contributed by atoms with Crippen molar-refractivity contribution in [2.24, 2.45) is 11.8 Å². The second kappa shape index (κ2) is 7.87. The molecule has 0 radical (unpaired) electrons. The van der Waals surface area contributed by atoms with E-state index in [0.717, 1.165) is 42.4 Å². The fourth-order valence-electron chi connectivity index (χ4n) is 2.70. The van der Waals surface area contributed by atoms with Crippen LogP contribution in [0.2, 0.25) is 0 Å². The number of nitrogens with two attached hydrogens (primary N) is 1. The summed E-state index contributed by atoms with van der Waals surface area (Å²) in [7, 11) is 0. The Morgan fingerprint density at radius 2 is 2.14 bits per heavy atom. The summed E-state index contributed by atoms with van der Waals surface area (Å²) in [4.78, 5) is 19.6. The summed E-state index contributed by atoms with van der Waals surface area (Å²) in [5.74, 6) is 5.90. The Bertz CT molecular complexity index is 466. The molecule has 0 aliphatic carbocycles. The van der Waals surface area contributed by atoms with Crippen molar-refractivity contribution in [3.05, 3.63) is 15.6 Å². The Labute approximate surface area is 130 Å². The molecule has 3 N–H and O–H groups in total. The molecule has 118 valence electrons. The number of carbonyl (C=O) groups excluding carboxylic acids is 1. The molecule has 0 spiro atoms. The maximum Gasteiger partial charge on any atom is 0.277 e. The third-order valence-electron chi connectivity index (χ3n) is 4.08. The van der Waals surface area contributed by atoms with Gasteiger partial charge in [0.1, 0.15) is 4.88 Å². The van der Waals surface area contributed by atoms with Gasteiger partial charge < -0.3 is 4.90 Å². The molecule has 0 saturated carbocycles. The van der Waals surface area contributed by atoms with Gasteiger partial charge in [-0.15, -0.1) is 11.3 Å². The summed E-state index contributed by atoms with van der Waals surface area (Å²) >= 11 is 1.49. The molecule has 1 fully saturated rings. The van der Waals surface area contributed by atoms with Gasteiger partial charge in [0, 0.05) is 13.0 Å². The second-order valence-electron chi connectivity index (χ2n) is 5.88. The van der Waals surface area contributed by atoms with Crippen molar-refractivity contribution >= 4 is 17.2 Å². The summed E-state index contributed by atoms with van der Waals surface area (Å²) in [6.07, 6.45) is 5.33. The van der Waals surface area contributed by atoms with Crippen LogP contribution in [-0.4, -0.2) is 35.4 Å². The number of nitrogens with zero attached hydrogens (tertiary/aromatic N) is 2. The van der Waals surface area contributed by atoms with E-state index in [-0.39, 0.29) is 5.91 Å². The molecule has 21 heavy (non-hydrogen) atoms. The third kappa shape index (κ3) is 4.49. The zero-order chi connectivity index (χ0) is 15.2. The smallest absolute Gasteiger partial charge is 0.277 e. The van der Waals surface area contributed by atoms with Gasteiger partial charge >= 0.3 is 0 Å². The van der Waals surface area contributed by atoms with Crippen LogP contribution in [0, 0.1) is 5.92 Å². The van der Waals surface area contributed by atoms with Crippen molar-refractivity contribution in [2.75, 3.05) is 19.6 Å². The molecule has 6 heteroatoms. The van der Waals surface area contributed by atoms with Crippen LogP contribution < -0.4 is 11.3 Å². The summed E-state index contributed by atoms with van der Waals surface area (Å²) in [6, 6.07) is 0. The highest BCUT2D eigenvalue weighted by Crippen LogP contribution is 2.22. The van der Waals surface area contributed by atoms with Crippen molar-refractivity contribution in [1.29, 1.82) is 0 Å². The average Bonchev–Trinajstić information content (AvgIpc) is 2.89. The largest absolute Gasteiger partial charge is 0.303 e. The summed E-state index contributed by atoms with van der Waals surface area (Å²) < 4.78 is 0. The highest BCUT2D eigenvalue weighted by molar-refractivity contribution is 7.13. The number of nitrogens with one attached hydrogen (secondary N) is 1. The van der Waals surface area contributed by atoms with Gasteiger partial charge in [0.2, 0.25) is 0 Å². The number of hydrogen-bond acceptors (Lipinski definition) is 5. The predicted molar refractivity (Wildman–Crippen MR) is 86.3 cm³/mol. The first-order valence-corrected chi connectivity index (χ1v) is 8.67. The number of hydrogen-bond donors (Lipinski definition) is 2.